The molecule has 0 bridgehead atoms. The van der Waals surface area contributed by atoms with Crippen LogP contribution in [0.2, 0.25) is 0 Å². The quantitative estimate of drug-likeness (QED) is 0.545. The van der Waals surface area contributed by atoms with Crippen molar-refractivity contribution in [3.63, 3.8) is 0 Å². The van der Waals surface area contributed by atoms with E-state index in [4.69, 9.17) is 4.42 Å². The number of nitrogens with one attached hydrogen (secondary N) is 1. The molecule has 5 nitrogen and oxygen atoms in total. The Bertz CT molecular complexity index is 910. The van der Waals surface area contributed by atoms with Crippen LogP contribution in [-0.4, -0.2) is 16.2 Å². The van der Waals surface area contributed by atoms with Crippen molar-refractivity contribution < 1.29 is 4.42 Å². The van der Waals surface area contributed by atoms with E-state index in [1.165, 1.54) is 22.7 Å². The molecule has 3 aromatic heterocycles. The molecular weight excluding hydrogens is 316 g/mol. The van der Waals surface area contributed by atoms with Crippen LogP contribution in [0.3, 0.4) is 0 Å². The molecule has 4 aromatic rings. The lowest BCUT2D eigenvalue weighted by Gasteiger charge is -1.98. The molecular formula is C15H10N4OS2. The fourth-order valence-corrected chi connectivity index (χ4v) is 3.07. The van der Waals surface area contributed by atoms with E-state index in [2.05, 4.69) is 20.3 Å². The van der Waals surface area contributed by atoms with Crippen molar-refractivity contribution in [2.75, 3.05) is 5.32 Å². The van der Waals surface area contributed by atoms with Gasteiger partial charge in [-0.2, -0.15) is 0 Å². The van der Waals surface area contributed by atoms with Crippen molar-refractivity contribution in [2.24, 2.45) is 4.99 Å². The van der Waals surface area contributed by atoms with Gasteiger partial charge in [-0.3, -0.25) is 0 Å². The van der Waals surface area contributed by atoms with Gasteiger partial charge in [-0.25, -0.2) is 15.0 Å². The van der Waals surface area contributed by atoms with Gasteiger partial charge in [0.25, 0.3) is 0 Å². The van der Waals surface area contributed by atoms with Crippen molar-refractivity contribution in [3.8, 4) is 0 Å². The van der Waals surface area contributed by atoms with Crippen molar-refractivity contribution in [1.29, 1.82) is 0 Å². The predicted octanol–water partition coefficient (Wildman–Crippen LogP) is 4.84. The number of hydrogen-bond acceptors (Lipinski definition) is 7. The fourth-order valence-electron chi connectivity index (χ4n) is 2.07. The first kappa shape index (κ1) is 13.2. The molecule has 0 spiro atoms. The average Bonchev–Trinajstić information content (AvgIpc) is 3.27. The lowest BCUT2D eigenvalue weighted by Crippen LogP contribution is -1.91. The Labute approximate surface area is 134 Å². The second-order valence-electron chi connectivity index (χ2n) is 4.38. The lowest BCUT2D eigenvalue weighted by atomic mass is 10.2. The Morgan fingerprint density at radius 1 is 1.09 bits per heavy atom. The first-order valence-corrected chi connectivity index (χ1v) is 8.28. The van der Waals surface area contributed by atoms with E-state index in [1.54, 1.807) is 18.6 Å². The molecule has 0 aliphatic rings. The zero-order valence-electron chi connectivity index (χ0n) is 11.3. The second kappa shape index (κ2) is 5.70. The van der Waals surface area contributed by atoms with Crippen LogP contribution in [0.25, 0.3) is 11.0 Å². The maximum absolute atomic E-state index is 5.89. The normalized spacial score (nSPS) is 11.5. The summed E-state index contributed by atoms with van der Waals surface area (Å²) in [4.78, 5) is 12.8. The molecule has 0 atom stereocenters. The molecule has 0 unspecified atom stereocenters. The van der Waals surface area contributed by atoms with Gasteiger partial charge in [-0.15, -0.1) is 22.7 Å². The third-order valence-electron chi connectivity index (χ3n) is 3.01. The van der Waals surface area contributed by atoms with E-state index in [-0.39, 0.29) is 0 Å². The summed E-state index contributed by atoms with van der Waals surface area (Å²) in [7, 11) is 0. The van der Waals surface area contributed by atoms with E-state index in [9.17, 15) is 0 Å². The van der Waals surface area contributed by atoms with Crippen LogP contribution in [-0.2, 0) is 0 Å². The molecule has 0 aliphatic carbocycles. The van der Waals surface area contributed by atoms with Crippen molar-refractivity contribution in [3.05, 3.63) is 53.0 Å². The van der Waals surface area contributed by atoms with Crippen LogP contribution < -0.4 is 5.32 Å². The van der Waals surface area contributed by atoms with Gasteiger partial charge in [0.2, 0.25) is 11.0 Å². The van der Waals surface area contributed by atoms with Crippen LogP contribution in [0.15, 0.2) is 56.8 Å². The average molecular weight is 326 g/mol. The van der Waals surface area contributed by atoms with Crippen molar-refractivity contribution in [1.82, 2.24) is 9.97 Å². The van der Waals surface area contributed by atoms with Crippen molar-refractivity contribution >= 4 is 56.0 Å². The predicted molar refractivity (Wildman–Crippen MR) is 91.0 cm³/mol. The minimum atomic E-state index is 0.636. The number of fused-ring (bicyclic) bond motifs is 1. The summed E-state index contributed by atoms with van der Waals surface area (Å²) in [6.07, 6.45) is 5.26. The largest absolute Gasteiger partial charge is 0.440 e. The smallest absolute Gasteiger partial charge is 0.209 e. The van der Waals surface area contributed by atoms with Gasteiger partial charge in [0, 0.05) is 34.8 Å². The number of rotatable bonds is 4. The highest BCUT2D eigenvalue weighted by Crippen LogP contribution is 2.31. The molecule has 0 saturated carbocycles. The molecule has 3 heterocycles. The van der Waals surface area contributed by atoms with Gasteiger partial charge in [0.1, 0.15) is 5.58 Å². The standard InChI is InChI=1S/C15H10N4OS2/c1-2-4-12-10(3-1)11(9-18-14-16-5-7-21-14)13(20-12)19-15-17-6-8-22-15/h1-9H,(H,17,19)/b18-9+. The SMILES string of the molecule is C(=N\c1nccs1)/c1c(Nc2nccs2)oc2ccccc12. The van der Waals surface area contributed by atoms with Gasteiger partial charge in [0.05, 0.1) is 5.56 Å². The highest BCUT2D eigenvalue weighted by atomic mass is 32.1. The monoisotopic (exact) mass is 326 g/mol. The molecule has 0 radical (unpaired) electrons. The number of nitrogens with zero attached hydrogens (tertiary/aromatic N) is 3. The Kier molecular flexibility index (Phi) is 3.42. The molecule has 0 amide bonds. The third-order valence-corrected chi connectivity index (χ3v) is 4.38. The molecule has 0 fully saturated rings. The summed E-state index contributed by atoms with van der Waals surface area (Å²) in [5.41, 5.74) is 1.70. The molecule has 4 rings (SSSR count). The number of furan rings is 1. The van der Waals surface area contributed by atoms with E-state index >= 15 is 0 Å². The molecule has 22 heavy (non-hydrogen) atoms. The fraction of sp³-hybridized carbons (Fsp3) is 0. The summed E-state index contributed by atoms with van der Waals surface area (Å²) in [5, 5.41) is 9.51. The molecule has 7 heteroatoms. The van der Waals surface area contributed by atoms with E-state index in [1.807, 2.05) is 35.0 Å². The first-order chi connectivity index (χ1) is 10.9. The van der Waals surface area contributed by atoms with Crippen molar-refractivity contribution in [2.45, 2.75) is 0 Å². The van der Waals surface area contributed by atoms with Gasteiger partial charge in [0.15, 0.2) is 5.13 Å². The zero-order valence-corrected chi connectivity index (χ0v) is 12.9. The Morgan fingerprint density at radius 2 is 1.95 bits per heavy atom. The van der Waals surface area contributed by atoms with Gasteiger partial charge >= 0.3 is 0 Å². The summed E-state index contributed by atoms with van der Waals surface area (Å²) >= 11 is 3.01. The van der Waals surface area contributed by atoms with Crippen LogP contribution in [0.4, 0.5) is 16.1 Å². The maximum Gasteiger partial charge on any atom is 0.209 e. The van der Waals surface area contributed by atoms with E-state index in [0.29, 0.717) is 11.0 Å². The first-order valence-electron chi connectivity index (χ1n) is 6.52. The molecule has 0 aliphatic heterocycles. The number of anilines is 2. The Balaban J connectivity index is 1.79. The number of benzene rings is 1. The molecule has 1 N–H and O–H groups in total. The topological polar surface area (TPSA) is 63.3 Å². The zero-order chi connectivity index (χ0) is 14.8. The second-order valence-corrected chi connectivity index (χ2v) is 6.14. The summed E-state index contributed by atoms with van der Waals surface area (Å²) < 4.78 is 5.89. The maximum atomic E-state index is 5.89. The summed E-state index contributed by atoms with van der Waals surface area (Å²) in [6, 6.07) is 7.87. The number of thiazole rings is 2. The van der Waals surface area contributed by atoms with Gasteiger partial charge in [-0.1, -0.05) is 18.2 Å². The van der Waals surface area contributed by atoms with Gasteiger partial charge in [-0.05, 0) is 6.07 Å². The van der Waals surface area contributed by atoms with Gasteiger partial charge < -0.3 is 9.73 Å². The molecule has 108 valence electrons. The summed E-state index contributed by atoms with van der Waals surface area (Å²) in [5.74, 6) is 0.636. The third kappa shape index (κ3) is 2.51. The summed E-state index contributed by atoms with van der Waals surface area (Å²) in [6.45, 7) is 0. The molecule has 0 saturated heterocycles. The highest BCUT2D eigenvalue weighted by molar-refractivity contribution is 7.13. The number of aliphatic imine (C=N–C) groups is 1. The van der Waals surface area contributed by atoms with E-state index in [0.717, 1.165) is 21.7 Å². The number of aromatic nitrogens is 2. The van der Waals surface area contributed by atoms with Crippen LogP contribution in [0.1, 0.15) is 5.56 Å². The lowest BCUT2D eigenvalue weighted by molar-refractivity contribution is 0.634. The van der Waals surface area contributed by atoms with Crippen LogP contribution in [0.5, 0.6) is 0 Å². The minimum Gasteiger partial charge on any atom is -0.440 e. The van der Waals surface area contributed by atoms with Crippen LogP contribution >= 0.6 is 22.7 Å². The van der Waals surface area contributed by atoms with Crippen LogP contribution in [0, 0.1) is 0 Å². The molecule has 1 aromatic carbocycles. The Hall–Kier alpha value is -2.51. The number of hydrogen-bond donors (Lipinski definition) is 1. The minimum absolute atomic E-state index is 0.636. The highest BCUT2D eigenvalue weighted by Gasteiger charge is 2.13. The Morgan fingerprint density at radius 3 is 2.77 bits per heavy atom. The number of para-hydroxylation sites is 1. The van der Waals surface area contributed by atoms with E-state index < -0.39 is 0 Å².